The zero-order valence-corrected chi connectivity index (χ0v) is 11.1. The van der Waals surface area contributed by atoms with Crippen molar-refractivity contribution in [2.75, 3.05) is 39.5 Å². The molecule has 2 N–H and O–H groups in total. The molecular weight excluding hydrogens is 198 g/mol. The van der Waals surface area contributed by atoms with E-state index >= 15 is 0 Å². The largest absolute Gasteiger partial charge is 0.428 e. The van der Waals surface area contributed by atoms with Crippen LogP contribution in [0, 0.1) is 0 Å². The first-order valence-electron chi connectivity index (χ1n) is 5.28. The van der Waals surface area contributed by atoms with Crippen LogP contribution in [0.25, 0.3) is 0 Å². The van der Waals surface area contributed by atoms with Gasteiger partial charge >= 0.3 is 0 Å². The van der Waals surface area contributed by atoms with Crippen LogP contribution in [-0.4, -0.2) is 65.1 Å². The predicted molar refractivity (Wildman–Crippen MR) is 60.4 cm³/mol. The van der Waals surface area contributed by atoms with Crippen molar-refractivity contribution in [3.8, 4) is 0 Å². The molecule has 0 unspecified atom stereocenters. The molecule has 0 bridgehead atoms. The monoisotopic (exact) mass is 221 g/mol. The molecule has 0 aliphatic carbocycles. The van der Waals surface area contributed by atoms with Crippen molar-refractivity contribution in [2.24, 2.45) is 0 Å². The smallest absolute Gasteiger partial charge is 0.145 e. The van der Waals surface area contributed by atoms with Gasteiger partial charge < -0.3 is 14.6 Å². The van der Waals surface area contributed by atoms with Crippen LogP contribution < -0.4 is 0 Å². The number of hydrogen-bond donors (Lipinski definition) is 2. The van der Waals surface area contributed by atoms with Crippen LogP contribution in [0.3, 0.4) is 0 Å². The van der Waals surface area contributed by atoms with Gasteiger partial charge in [0.2, 0.25) is 0 Å². The highest BCUT2D eigenvalue weighted by Crippen LogP contribution is 1.98. The molecule has 0 atom stereocenters. The summed E-state index contributed by atoms with van der Waals surface area (Å²) < 4.78 is 5.09. The lowest BCUT2D eigenvalue weighted by molar-refractivity contribution is 0.158. The Morgan fingerprint density at radius 2 is 1.57 bits per heavy atom. The maximum atomic E-state index is 8.77. The summed E-state index contributed by atoms with van der Waals surface area (Å²) >= 11 is 0. The first-order chi connectivity index (χ1) is 6.85. The van der Waals surface area contributed by atoms with Crippen molar-refractivity contribution < 1.29 is 14.6 Å². The van der Waals surface area contributed by atoms with Gasteiger partial charge in [0.1, 0.15) is 10.5 Å². The molecule has 0 aliphatic heterocycles. The van der Waals surface area contributed by atoms with Crippen molar-refractivity contribution in [1.29, 1.82) is 0 Å². The van der Waals surface area contributed by atoms with E-state index in [-0.39, 0.29) is 13.2 Å². The van der Waals surface area contributed by atoms with Gasteiger partial charge in [-0.15, -0.1) is 0 Å². The summed E-state index contributed by atoms with van der Waals surface area (Å²) in [5.74, 6) is 0. The highest BCUT2D eigenvalue weighted by molar-refractivity contribution is 5.97. The van der Waals surface area contributed by atoms with E-state index in [2.05, 4.69) is 4.90 Å². The van der Waals surface area contributed by atoms with Crippen LogP contribution >= 0.6 is 0 Å². The number of unbranched alkanes of at least 4 members (excludes halogenated alkanes) is 2. The average molecular weight is 221 g/mol. The molecule has 0 saturated heterocycles. The molecule has 0 aromatic rings. The van der Waals surface area contributed by atoms with E-state index in [1.807, 2.05) is 0 Å². The second-order valence-electron chi connectivity index (χ2n) is 3.34. The number of aliphatic hydroxyl groups excluding tert-OH is 2. The molecule has 0 amide bonds. The molecule has 4 nitrogen and oxygen atoms in total. The normalized spacial score (nSPS) is 11.4. The van der Waals surface area contributed by atoms with Crippen LogP contribution in [0.2, 0.25) is 0 Å². The minimum Gasteiger partial charge on any atom is -0.428 e. The van der Waals surface area contributed by atoms with Gasteiger partial charge in [-0.05, 0) is 25.8 Å². The maximum absolute atomic E-state index is 8.77. The molecule has 0 heterocycles. The molecule has 0 rings (SSSR count). The third-order valence-corrected chi connectivity index (χ3v) is 2.56. The van der Waals surface area contributed by atoms with Gasteiger partial charge in [-0.1, -0.05) is 0 Å². The van der Waals surface area contributed by atoms with Crippen LogP contribution in [0.1, 0.15) is 19.3 Å². The van der Waals surface area contributed by atoms with E-state index in [9.17, 15) is 0 Å². The van der Waals surface area contributed by atoms with E-state index in [1.165, 1.54) is 0 Å². The van der Waals surface area contributed by atoms with E-state index in [1.54, 1.807) is 0 Å². The van der Waals surface area contributed by atoms with Gasteiger partial charge in [-0.2, -0.15) is 0 Å². The summed E-state index contributed by atoms with van der Waals surface area (Å²) in [6.45, 7) is 3.51. The summed E-state index contributed by atoms with van der Waals surface area (Å²) in [4.78, 5) is 2.08. The Bertz CT molecular complexity index is 110. The predicted octanol–water partition coefficient (Wildman–Crippen LogP) is -1.26. The molecule has 0 fully saturated rings. The fourth-order valence-corrected chi connectivity index (χ4v) is 1.67. The van der Waals surface area contributed by atoms with E-state index in [0.717, 1.165) is 42.9 Å². The second kappa shape index (κ2) is 11.1. The molecule has 0 aliphatic rings. The van der Waals surface area contributed by atoms with Gasteiger partial charge in [0.15, 0.2) is 0 Å². The molecule has 5 heteroatoms. The van der Waals surface area contributed by atoms with Gasteiger partial charge in [0.05, 0.1) is 13.2 Å². The van der Waals surface area contributed by atoms with E-state index in [0.29, 0.717) is 13.1 Å². The molecule has 0 aromatic carbocycles. The third kappa shape index (κ3) is 8.65. The molecule has 0 radical (unpaired) electrons. The summed E-state index contributed by atoms with van der Waals surface area (Å²) in [5.41, 5.74) is 0. The zero-order chi connectivity index (χ0) is 10.6. The van der Waals surface area contributed by atoms with Gasteiger partial charge in [-0.25, -0.2) is 0 Å². The molecule has 86 valence electrons. The van der Waals surface area contributed by atoms with Crippen LogP contribution in [0.5, 0.6) is 0 Å². The maximum Gasteiger partial charge on any atom is 0.145 e. The molecular formula is C9H23NO3Si. The summed E-state index contributed by atoms with van der Waals surface area (Å²) in [5, 5.41) is 17.5. The van der Waals surface area contributed by atoms with Crippen molar-refractivity contribution in [1.82, 2.24) is 4.90 Å². The van der Waals surface area contributed by atoms with Crippen molar-refractivity contribution in [3.63, 3.8) is 0 Å². The first kappa shape index (κ1) is 14.1. The van der Waals surface area contributed by atoms with E-state index in [4.69, 9.17) is 14.6 Å². The number of nitrogens with zero attached hydrogens (tertiary/aromatic N) is 1. The topological polar surface area (TPSA) is 52.9 Å². The van der Waals surface area contributed by atoms with Crippen LogP contribution in [0.15, 0.2) is 0 Å². The molecule has 0 saturated carbocycles. The van der Waals surface area contributed by atoms with Gasteiger partial charge in [-0.3, -0.25) is 4.90 Å². The Hall–Kier alpha value is 0.0569. The number of hydrogen-bond acceptors (Lipinski definition) is 4. The minimum atomic E-state index is 0.170. The van der Waals surface area contributed by atoms with Crippen molar-refractivity contribution >= 4 is 10.5 Å². The van der Waals surface area contributed by atoms with Gasteiger partial charge in [0.25, 0.3) is 0 Å². The van der Waals surface area contributed by atoms with E-state index < -0.39 is 0 Å². The third-order valence-electron chi connectivity index (χ3n) is 2.16. The Balaban J connectivity index is 3.30. The fraction of sp³-hybridized carbons (Fsp3) is 1.00. The Kier molecular flexibility index (Phi) is 11.2. The Labute approximate surface area is 89.4 Å². The molecule has 14 heavy (non-hydrogen) atoms. The molecule has 0 aromatic heterocycles. The second-order valence-corrected chi connectivity index (χ2v) is 3.92. The Morgan fingerprint density at radius 3 is 2.07 bits per heavy atom. The van der Waals surface area contributed by atoms with Gasteiger partial charge in [0, 0.05) is 19.7 Å². The van der Waals surface area contributed by atoms with Crippen LogP contribution in [0.4, 0.5) is 0 Å². The summed E-state index contributed by atoms with van der Waals surface area (Å²) in [6, 6.07) is 0. The summed E-state index contributed by atoms with van der Waals surface area (Å²) in [7, 11) is 0.830. The SMILES string of the molecule is OCCN(CCO)CCCCCO[SiH3]. The Morgan fingerprint density at radius 1 is 0.929 bits per heavy atom. The van der Waals surface area contributed by atoms with Crippen LogP contribution in [-0.2, 0) is 4.43 Å². The first-order valence-corrected chi connectivity index (χ1v) is 6.09. The standard InChI is InChI=1S/C9H23NO3Si/c11-7-5-10(6-8-12)4-2-1-3-9-13-14/h11-12H,1-9H2,14H3. The fourth-order valence-electron chi connectivity index (χ4n) is 1.38. The highest BCUT2D eigenvalue weighted by atomic mass is 28.2. The minimum absolute atomic E-state index is 0.170. The quantitative estimate of drug-likeness (QED) is 0.357. The average Bonchev–Trinajstić information content (AvgIpc) is 2.18. The number of rotatable bonds is 10. The number of aliphatic hydroxyl groups is 2. The summed E-state index contributed by atoms with van der Waals surface area (Å²) in [6.07, 6.45) is 3.40. The van der Waals surface area contributed by atoms with Crippen molar-refractivity contribution in [2.45, 2.75) is 19.3 Å². The molecule has 0 spiro atoms. The lowest BCUT2D eigenvalue weighted by atomic mass is 10.2. The lowest BCUT2D eigenvalue weighted by Gasteiger charge is -2.19. The zero-order valence-electron chi connectivity index (χ0n) is 9.11. The van der Waals surface area contributed by atoms with Crippen molar-refractivity contribution in [3.05, 3.63) is 0 Å². The lowest BCUT2D eigenvalue weighted by Crippen LogP contribution is -2.30. The highest BCUT2D eigenvalue weighted by Gasteiger charge is 2.02.